The highest BCUT2D eigenvalue weighted by Gasteiger charge is 2.20. The Labute approximate surface area is 171 Å². The van der Waals surface area contributed by atoms with Crippen molar-refractivity contribution >= 4 is 39.8 Å². The standard InChI is InChI=1S/C19H23N5O2S2/c1-5-9-23-17(26)21-22-19(23)28-11-15-10-27-18(20-15)24(14(4)25)16-8-6-7-12(2)13(16)3/h6-8,10H,5,9,11H2,1-4H3,(H,21,26). The number of rotatable bonds is 7. The predicted octanol–water partition coefficient (Wildman–Crippen LogP) is 4.03. The van der Waals surface area contributed by atoms with E-state index >= 15 is 0 Å². The van der Waals surface area contributed by atoms with Crippen molar-refractivity contribution in [1.29, 1.82) is 0 Å². The molecule has 9 heteroatoms. The lowest BCUT2D eigenvalue weighted by Gasteiger charge is -2.21. The van der Waals surface area contributed by atoms with Gasteiger partial charge in [-0.3, -0.25) is 14.3 Å². The van der Waals surface area contributed by atoms with E-state index in [1.165, 1.54) is 23.1 Å². The molecule has 0 saturated heterocycles. The van der Waals surface area contributed by atoms with Crippen LogP contribution in [0, 0.1) is 13.8 Å². The molecule has 1 amide bonds. The van der Waals surface area contributed by atoms with Crippen LogP contribution in [0.15, 0.2) is 33.5 Å². The molecule has 2 aromatic heterocycles. The molecule has 0 radical (unpaired) electrons. The number of amides is 1. The highest BCUT2D eigenvalue weighted by molar-refractivity contribution is 7.98. The number of aromatic amines is 1. The molecule has 0 fully saturated rings. The van der Waals surface area contributed by atoms with Crippen LogP contribution in [0.5, 0.6) is 0 Å². The molecular formula is C19H23N5O2S2. The van der Waals surface area contributed by atoms with Crippen LogP contribution in [-0.2, 0) is 17.1 Å². The molecule has 0 aliphatic carbocycles. The van der Waals surface area contributed by atoms with Crippen molar-refractivity contribution in [2.24, 2.45) is 0 Å². The van der Waals surface area contributed by atoms with Crippen molar-refractivity contribution < 1.29 is 4.79 Å². The Balaban J connectivity index is 1.81. The van der Waals surface area contributed by atoms with E-state index in [1.54, 1.807) is 16.4 Å². The topological polar surface area (TPSA) is 83.9 Å². The number of anilines is 2. The maximum atomic E-state index is 12.4. The maximum Gasteiger partial charge on any atom is 0.343 e. The van der Waals surface area contributed by atoms with E-state index in [1.807, 2.05) is 44.4 Å². The number of carbonyl (C=O) groups excluding carboxylic acids is 1. The molecule has 0 atom stereocenters. The highest BCUT2D eigenvalue weighted by atomic mass is 32.2. The summed E-state index contributed by atoms with van der Waals surface area (Å²) >= 11 is 2.89. The normalized spacial score (nSPS) is 11.0. The van der Waals surface area contributed by atoms with Gasteiger partial charge in [-0.05, 0) is 37.5 Å². The summed E-state index contributed by atoms with van der Waals surface area (Å²) in [5, 5.41) is 9.82. The van der Waals surface area contributed by atoms with E-state index in [9.17, 15) is 9.59 Å². The van der Waals surface area contributed by atoms with Gasteiger partial charge in [0.1, 0.15) is 0 Å². The Kier molecular flexibility index (Phi) is 6.35. The summed E-state index contributed by atoms with van der Waals surface area (Å²) in [4.78, 5) is 30.5. The van der Waals surface area contributed by atoms with Crippen molar-refractivity contribution in [3.8, 4) is 0 Å². The van der Waals surface area contributed by atoms with Gasteiger partial charge in [-0.1, -0.05) is 30.8 Å². The fraction of sp³-hybridized carbons (Fsp3) is 0.368. The first kappa shape index (κ1) is 20.3. The van der Waals surface area contributed by atoms with E-state index in [0.29, 0.717) is 22.6 Å². The summed E-state index contributed by atoms with van der Waals surface area (Å²) < 4.78 is 1.63. The first-order valence-corrected chi connectivity index (χ1v) is 10.9. The van der Waals surface area contributed by atoms with Crippen LogP contribution in [0.4, 0.5) is 10.8 Å². The van der Waals surface area contributed by atoms with E-state index in [-0.39, 0.29) is 11.6 Å². The minimum absolute atomic E-state index is 0.0775. The van der Waals surface area contributed by atoms with Crippen LogP contribution >= 0.6 is 23.1 Å². The van der Waals surface area contributed by atoms with Crippen molar-refractivity contribution in [2.75, 3.05) is 4.90 Å². The summed E-state index contributed by atoms with van der Waals surface area (Å²) in [6, 6.07) is 5.91. The highest BCUT2D eigenvalue weighted by Crippen LogP contribution is 2.33. The second-order valence-corrected chi connectivity index (χ2v) is 8.23. The van der Waals surface area contributed by atoms with E-state index < -0.39 is 0 Å². The van der Waals surface area contributed by atoms with Gasteiger partial charge in [0.05, 0.1) is 11.4 Å². The van der Waals surface area contributed by atoms with Crippen molar-refractivity contribution in [3.05, 3.63) is 50.9 Å². The maximum absolute atomic E-state index is 12.4. The molecular weight excluding hydrogens is 394 g/mol. The average Bonchev–Trinajstić information content (AvgIpc) is 3.25. The van der Waals surface area contributed by atoms with Gasteiger partial charge < -0.3 is 0 Å². The number of benzene rings is 1. The molecule has 148 valence electrons. The number of hydrogen-bond donors (Lipinski definition) is 1. The molecule has 0 aliphatic heterocycles. The first-order valence-electron chi connectivity index (χ1n) is 9.01. The summed E-state index contributed by atoms with van der Waals surface area (Å²) in [5.41, 5.74) is 3.69. The van der Waals surface area contributed by atoms with Crippen LogP contribution in [0.25, 0.3) is 0 Å². The molecule has 3 rings (SSSR count). The minimum Gasteiger partial charge on any atom is -0.274 e. The lowest BCUT2D eigenvalue weighted by molar-refractivity contribution is -0.115. The Hall–Kier alpha value is -2.39. The molecule has 7 nitrogen and oxygen atoms in total. The number of nitrogens with zero attached hydrogens (tertiary/aromatic N) is 4. The molecule has 0 saturated carbocycles. The number of carbonyl (C=O) groups is 1. The fourth-order valence-corrected chi connectivity index (χ4v) is 4.67. The zero-order valence-corrected chi connectivity index (χ0v) is 18.0. The largest absolute Gasteiger partial charge is 0.343 e. The van der Waals surface area contributed by atoms with Gasteiger partial charge in [-0.2, -0.15) is 0 Å². The quantitative estimate of drug-likeness (QED) is 0.587. The zero-order chi connectivity index (χ0) is 20.3. The van der Waals surface area contributed by atoms with Crippen LogP contribution in [-0.4, -0.2) is 25.7 Å². The van der Waals surface area contributed by atoms with Gasteiger partial charge in [0.15, 0.2) is 10.3 Å². The molecule has 0 bridgehead atoms. The minimum atomic E-state index is -0.194. The van der Waals surface area contributed by atoms with Gasteiger partial charge in [0, 0.05) is 24.6 Å². The van der Waals surface area contributed by atoms with Crippen molar-refractivity contribution in [3.63, 3.8) is 0 Å². The molecule has 1 N–H and O–H groups in total. The number of hydrogen-bond acceptors (Lipinski definition) is 6. The van der Waals surface area contributed by atoms with Crippen molar-refractivity contribution in [1.82, 2.24) is 19.7 Å². The second-order valence-electron chi connectivity index (χ2n) is 6.45. The molecule has 0 aliphatic rings. The van der Waals surface area contributed by atoms with Crippen LogP contribution < -0.4 is 10.6 Å². The third-order valence-electron chi connectivity index (χ3n) is 4.38. The van der Waals surface area contributed by atoms with Gasteiger partial charge >= 0.3 is 5.69 Å². The molecule has 2 heterocycles. The predicted molar refractivity (Wildman–Crippen MR) is 114 cm³/mol. The lowest BCUT2D eigenvalue weighted by atomic mass is 10.1. The SMILES string of the molecule is CCCn1c(SCc2csc(N(C(C)=O)c3cccc(C)c3C)n2)n[nH]c1=O. The smallest absolute Gasteiger partial charge is 0.274 e. The monoisotopic (exact) mass is 417 g/mol. The number of thiazole rings is 1. The lowest BCUT2D eigenvalue weighted by Crippen LogP contribution is -2.23. The third-order valence-corrected chi connectivity index (χ3v) is 6.27. The number of thioether (sulfide) groups is 1. The third kappa shape index (κ3) is 4.20. The second kappa shape index (κ2) is 8.74. The van der Waals surface area contributed by atoms with Gasteiger partial charge in [-0.25, -0.2) is 14.9 Å². The Morgan fingerprint density at radius 3 is 2.86 bits per heavy atom. The van der Waals surface area contributed by atoms with Gasteiger partial charge in [0.25, 0.3) is 0 Å². The number of H-pyrrole nitrogens is 1. The summed E-state index contributed by atoms with van der Waals surface area (Å²) in [6.07, 6.45) is 0.858. The molecule has 3 aromatic rings. The summed E-state index contributed by atoms with van der Waals surface area (Å²) in [5.74, 6) is 0.495. The van der Waals surface area contributed by atoms with Crippen LogP contribution in [0.1, 0.15) is 37.1 Å². The Morgan fingerprint density at radius 1 is 1.36 bits per heavy atom. The number of aromatic nitrogens is 4. The zero-order valence-electron chi connectivity index (χ0n) is 16.4. The van der Waals surface area contributed by atoms with E-state index in [4.69, 9.17) is 0 Å². The van der Waals surface area contributed by atoms with E-state index in [2.05, 4.69) is 15.2 Å². The molecule has 28 heavy (non-hydrogen) atoms. The number of aryl methyl sites for hydroxylation is 1. The molecule has 0 spiro atoms. The Morgan fingerprint density at radius 2 is 2.14 bits per heavy atom. The molecule has 0 unspecified atom stereocenters. The first-order chi connectivity index (χ1) is 13.4. The number of nitrogens with one attached hydrogen (secondary N) is 1. The van der Waals surface area contributed by atoms with Crippen LogP contribution in [0.2, 0.25) is 0 Å². The van der Waals surface area contributed by atoms with Crippen molar-refractivity contribution in [2.45, 2.75) is 51.6 Å². The average molecular weight is 418 g/mol. The van der Waals surface area contributed by atoms with Gasteiger partial charge in [-0.15, -0.1) is 16.4 Å². The fourth-order valence-electron chi connectivity index (χ4n) is 2.82. The summed E-state index contributed by atoms with van der Waals surface area (Å²) in [6.45, 7) is 8.23. The van der Waals surface area contributed by atoms with Crippen LogP contribution in [0.3, 0.4) is 0 Å². The van der Waals surface area contributed by atoms with Gasteiger partial charge in [0.2, 0.25) is 5.91 Å². The van der Waals surface area contributed by atoms with E-state index in [0.717, 1.165) is 28.9 Å². The Bertz CT molecular complexity index is 1040. The molecule has 1 aromatic carbocycles. The summed E-state index contributed by atoms with van der Waals surface area (Å²) in [7, 11) is 0.